The van der Waals surface area contributed by atoms with Gasteiger partial charge in [0.05, 0.1) is 0 Å². The van der Waals surface area contributed by atoms with Crippen LogP contribution in [0.2, 0.25) is 19.6 Å². The predicted octanol–water partition coefficient (Wildman–Crippen LogP) is 2.98. The first kappa shape index (κ1) is 8.57. The summed E-state index contributed by atoms with van der Waals surface area (Å²) < 4.78 is 0. The third-order valence-corrected chi connectivity index (χ3v) is 2.66. The lowest BCUT2D eigenvalue weighted by Crippen LogP contribution is -2.16. The van der Waals surface area contributed by atoms with Crippen LogP contribution < -0.4 is 0 Å². The molecule has 0 nitrogen and oxygen atoms in total. The van der Waals surface area contributed by atoms with E-state index in [-0.39, 0.29) is 0 Å². The van der Waals surface area contributed by atoms with Gasteiger partial charge in [-0.2, -0.15) is 11.3 Å². The average molecular weight is 180 g/mol. The molecule has 2 heteroatoms. The summed E-state index contributed by atoms with van der Waals surface area (Å²) in [7, 11) is -1.17. The molecule has 0 amide bonds. The summed E-state index contributed by atoms with van der Waals surface area (Å²) in [5.41, 5.74) is 4.48. The van der Waals surface area contributed by atoms with Crippen LogP contribution in [0.15, 0.2) is 16.8 Å². The molecule has 0 bridgehead atoms. The maximum Gasteiger partial charge on any atom is 0.129 e. The summed E-state index contributed by atoms with van der Waals surface area (Å²) in [4.78, 5) is 0. The molecule has 1 heterocycles. The lowest BCUT2D eigenvalue weighted by atomic mass is 10.4. The lowest BCUT2D eigenvalue weighted by Gasteiger charge is -2.02. The van der Waals surface area contributed by atoms with E-state index in [4.69, 9.17) is 0 Å². The molecular formula is C9H12SSi. The van der Waals surface area contributed by atoms with E-state index in [9.17, 15) is 0 Å². The zero-order valence-electron chi connectivity index (χ0n) is 7.14. The Morgan fingerprint density at radius 2 is 2.09 bits per heavy atom. The molecule has 0 N–H and O–H groups in total. The van der Waals surface area contributed by atoms with Crippen LogP contribution in [0.1, 0.15) is 5.56 Å². The highest BCUT2D eigenvalue weighted by Crippen LogP contribution is 2.04. The molecule has 1 rings (SSSR count). The Bertz CT molecular complexity index is 269. The van der Waals surface area contributed by atoms with Gasteiger partial charge in [0.25, 0.3) is 0 Å². The average Bonchev–Trinajstić information content (AvgIpc) is 2.32. The normalized spacial score (nSPS) is 10.5. The molecule has 0 saturated carbocycles. The van der Waals surface area contributed by atoms with Crippen molar-refractivity contribution in [3.8, 4) is 11.5 Å². The SMILES string of the molecule is C[Si](C)(C)C#Cc1ccsc1. The standard InChI is InChI=1S/C9H12SSi/c1-11(2,3)7-5-9-4-6-10-8-9/h4,6,8H,1-3H3. The van der Waals surface area contributed by atoms with Gasteiger partial charge in [-0.3, -0.25) is 0 Å². The summed E-state index contributed by atoms with van der Waals surface area (Å²) in [5, 5.41) is 4.15. The molecule has 58 valence electrons. The molecule has 0 atom stereocenters. The van der Waals surface area contributed by atoms with E-state index < -0.39 is 8.07 Å². The van der Waals surface area contributed by atoms with Gasteiger partial charge in [-0.25, -0.2) is 0 Å². The fraction of sp³-hybridized carbons (Fsp3) is 0.333. The summed E-state index contributed by atoms with van der Waals surface area (Å²) in [6.45, 7) is 6.77. The van der Waals surface area contributed by atoms with Gasteiger partial charge in [-0.1, -0.05) is 25.6 Å². The minimum atomic E-state index is -1.17. The van der Waals surface area contributed by atoms with Gasteiger partial charge in [-0.05, 0) is 11.4 Å². The van der Waals surface area contributed by atoms with Gasteiger partial charge >= 0.3 is 0 Å². The van der Waals surface area contributed by atoms with Crippen LogP contribution >= 0.6 is 11.3 Å². The number of rotatable bonds is 0. The Hall–Kier alpha value is -0.523. The smallest absolute Gasteiger partial charge is 0.129 e. The van der Waals surface area contributed by atoms with Crippen molar-refractivity contribution in [2.75, 3.05) is 0 Å². The quantitative estimate of drug-likeness (QED) is 0.425. The Labute approximate surface area is 73.3 Å². The maximum atomic E-state index is 3.32. The molecule has 11 heavy (non-hydrogen) atoms. The molecule has 0 spiro atoms. The highest BCUT2D eigenvalue weighted by Gasteiger charge is 2.07. The Kier molecular flexibility index (Phi) is 2.53. The Morgan fingerprint density at radius 1 is 1.36 bits per heavy atom. The van der Waals surface area contributed by atoms with Crippen LogP contribution in [0.4, 0.5) is 0 Å². The van der Waals surface area contributed by atoms with E-state index >= 15 is 0 Å². The molecule has 0 aliphatic heterocycles. The second-order valence-corrected chi connectivity index (χ2v) is 9.04. The summed E-state index contributed by atoms with van der Waals surface area (Å²) in [5.74, 6) is 3.19. The van der Waals surface area contributed by atoms with Gasteiger partial charge < -0.3 is 0 Å². The maximum absolute atomic E-state index is 3.32. The number of hydrogen-bond acceptors (Lipinski definition) is 1. The molecule has 0 fully saturated rings. The molecular weight excluding hydrogens is 168 g/mol. The fourth-order valence-electron chi connectivity index (χ4n) is 0.595. The highest BCUT2D eigenvalue weighted by atomic mass is 32.1. The first-order chi connectivity index (χ1) is 5.08. The summed E-state index contributed by atoms with van der Waals surface area (Å²) >= 11 is 1.70. The second-order valence-electron chi connectivity index (χ2n) is 3.51. The first-order valence-corrected chi connectivity index (χ1v) is 8.07. The minimum Gasteiger partial charge on any atom is -0.151 e. The highest BCUT2D eigenvalue weighted by molar-refractivity contribution is 7.08. The van der Waals surface area contributed by atoms with Gasteiger partial charge in [0.2, 0.25) is 0 Å². The monoisotopic (exact) mass is 180 g/mol. The topological polar surface area (TPSA) is 0 Å². The van der Waals surface area contributed by atoms with E-state index in [1.807, 2.05) is 0 Å². The lowest BCUT2D eigenvalue weighted by molar-refractivity contribution is 1.79. The van der Waals surface area contributed by atoms with Crippen LogP contribution in [0.3, 0.4) is 0 Å². The van der Waals surface area contributed by atoms with Gasteiger partial charge in [-0.15, -0.1) is 5.54 Å². The van der Waals surface area contributed by atoms with Crippen LogP contribution in [0.25, 0.3) is 0 Å². The third-order valence-electron chi connectivity index (χ3n) is 1.10. The minimum absolute atomic E-state index is 1.16. The zero-order valence-corrected chi connectivity index (χ0v) is 8.96. The number of thiophene rings is 1. The van der Waals surface area contributed by atoms with Crippen LogP contribution in [0, 0.1) is 11.5 Å². The van der Waals surface area contributed by atoms with E-state index in [0.717, 1.165) is 5.56 Å². The van der Waals surface area contributed by atoms with Crippen molar-refractivity contribution < 1.29 is 0 Å². The second kappa shape index (κ2) is 3.25. The predicted molar refractivity (Wildman–Crippen MR) is 54.5 cm³/mol. The molecule has 0 saturated heterocycles. The van der Waals surface area contributed by atoms with Crippen molar-refractivity contribution >= 4 is 19.4 Å². The van der Waals surface area contributed by atoms with E-state index in [2.05, 4.69) is 47.9 Å². The van der Waals surface area contributed by atoms with E-state index in [1.54, 1.807) is 11.3 Å². The molecule has 1 aromatic heterocycles. The van der Waals surface area contributed by atoms with Gasteiger partial charge in [0.15, 0.2) is 0 Å². The molecule has 0 aliphatic carbocycles. The van der Waals surface area contributed by atoms with Crippen LogP contribution in [-0.2, 0) is 0 Å². The molecule has 0 unspecified atom stereocenters. The van der Waals surface area contributed by atoms with Crippen molar-refractivity contribution in [3.05, 3.63) is 22.4 Å². The molecule has 1 aromatic rings. The molecule has 0 aliphatic rings. The Balaban J connectivity index is 2.74. The van der Waals surface area contributed by atoms with Crippen molar-refractivity contribution in [1.82, 2.24) is 0 Å². The summed E-state index contributed by atoms with van der Waals surface area (Å²) in [6.07, 6.45) is 0. The van der Waals surface area contributed by atoms with Crippen molar-refractivity contribution in [2.45, 2.75) is 19.6 Å². The van der Waals surface area contributed by atoms with Crippen LogP contribution in [0.5, 0.6) is 0 Å². The zero-order chi connectivity index (χ0) is 8.32. The van der Waals surface area contributed by atoms with Crippen molar-refractivity contribution in [2.24, 2.45) is 0 Å². The molecule has 0 aromatic carbocycles. The van der Waals surface area contributed by atoms with E-state index in [1.165, 1.54) is 0 Å². The van der Waals surface area contributed by atoms with Crippen molar-refractivity contribution in [1.29, 1.82) is 0 Å². The van der Waals surface area contributed by atoms with Gasteiger partial charge in [0, 0.05) is 10.9 Å². The fourth-order valence-corrected chi connectivity index (χ4v) is 1.70. The van der Waals surface area contributed by atoms with Crippen LogP contribution in [-0.4, -0.2) is 8.07 Å². The largest absolute Gasteiger partial charge is 0.151 e. The van der Waals surface area contributed by atoms with E-state index in [0.29, 0.717) is 0 Å². The Morgan fingerprint density at radius 3 is 2.55 bits per heavy atom. The molecule has 0 radical (unpaired) electrons. The third kappa shape index (κ3) is 3.40. The first-order valence-electron chi connectivity index (χ1n) is 3.63. The van der Waals surface area contributed by atoms with Crippen molar-refractivity contribution in [3.63, 3.8) is 0 Å². The number of hydrogen-bond donors (Lipinski definition) is 0. The van der Waals surface area contributed by atoms with Gasteiger partial charge in [0.1, 0.15) is 8.07 Å². The summed E-state index contributed by atoms with van der Waals surface area (Å²) in [6, 6.07) is 2.07.